The molecule has 72 valence electrons. The Morgan fingerprint density at radius 3 is 2.25 bits per heavy atom. The van der Waals surface area contributed by atoms with Gasteiger partial charge in [0, 0.05) is 6.54 Å². The molecule has 0 aromatic rings. The van der Waals surface area contributed by atoms with Crippen LogP contribution >= 0.6 is 0 Å². The van der Waals surface area contributed by atoms with E-state index in [2.05, 4.69) is 13.8 Å². The van der Waals surface area contributed by atoms with Gasteiger partial charge < -0.3 is 10.8 Å². The normalized spacial score (nSPS) is 37.2. The van der Waals surface area contributed by atoms with Gasteiger partial charge in [0.15, 0.2) is 0 Å². The van der Waals surface area contributed by atoms with E-state index in [1.807, 2.05) is 0 Å². The fraction of sp³-hybridized carbons (Fsp3) is 1.00. The van der Waals surface area contributed by atoms with Gasteiger partial charge >= 0.3 is 0 Å². The van der Waals surface area contributed by atoms with Crippen molar-refractivity contribution in [2.24, 2.45) is 17.6 Å². The van der Waals surface area contributed by atoms with Crippen molar-refractivity contribution in [1.82, 2.24) is 0 Å². The van der Waals surface area contributed by atoms with Crippen LogP contribution in [0.5, 0.6) is 0 Å². The van der Waals surface area contributed by atoms with Crippen LogP contribution in [0.25, 0.3) is 0 Å². The maximum absolute atomic E-state index is 9.85. The second kappa shape index (κ2) is 3.75. The fourth-order valence-corrected chi connectivity index (χ4v) is 2.05. The lowest BCUT2D eigenvalue weighted by molar-refractivity contribution is -0.00702. The third-order valence-corrected chi connectivity index (χ3v) is 3.28. The molecule has 1 fully saturated rings. The fourth-order valence-electron chi connectivity index (χ4n) is 2.05. The molecule has 0 aliphatic heterocycles. The van der Waals surface area contributed by atoms with Crippen LogP contribution in [0.3, 0.4) is 0 Å². The summed E-state index contributed by atoms with van der Waals surface area (Å²) < 4.78 is 0. The van der Waals surface area contributed by atoms with Crippen LogP contribution in [0.2, 0.25) is 0 Å². The van der Waals surface area contributed by atoms with Crippen molar-refractivity contribution in [2.75, 3.05) is 6.54 Å². The molecule has 0 heterocycles. The molecule has 0 atom stereocenters. The summed E-state index contributed by atoms with van der Waals surface area (Å²) in [5, 5.41) is 9.85. The molecule has 12 heavy (non-hydrogen) atoms. The number of nitrogens with two attached hydrogens (primary N) is 1. The Kier molecular flexibility index (Phi) is 3.13. The highest BCUT2D eigenvalue weighted by atomic mass is 16.3. The Balaban J connectivity index is 2.39. The highest BCUT2D eigenvalue weighted by Gasteiger charge is 2.32. The molecule has 0 saturated heterocycles. The minimum Gasteiger partial charge on any atom is -0.389 e. The molecule has 1 aliphatic rings. The van der Waals surface area contributed by atoms with Crippen LogP contribution in [0, 0.1) is 11.8 Å². The maximum Gasteiger partial charge on any atom is 0.0769 e. The molecule has 0 unspecified atom stereocenters. The molecule has 3 N–H and O–H groups in total. The van der Waals surface area contributed by atoms with E-state index in [0.717, 1.165) is 37.5 Å². The third-order valence-electron chi connectivity index (χ3n) is 3.28. The van der Waals surface area contributed by atoms with Crippen molar-refractivity contribution in [1.29, 1.82) is 0 Å². The lowest BCUT2D eigenvalue weighted by Gasteiger charge is -2.36. The predicted molar refractivity (Wildman–Crippen MR) is 50.8 cm³/mol. The number of hydrogen-bond donors (Lipinski definition) is 2. The Morgan fingerprint density at radius 2 is 1.92 bits per heavy atom. The van der Waals surface area contributed by atoms with Crippen LogP contribution in [0.4, 0.5) is 0 Å². The van der Waals surface area contributed by atoms with Gasteiger partial charge in [0.1, 0.15) is 0 Å². The number of aliphatic hydroxyl groups is 1. The second-order valence-electron chi connectivity index (χ2n) is 4.51. The van der Waals surface area contributed by atoms with Gasteiger partial charge in [-0.05, 0) is 37.5 Å². The largest absolute Gasteiger partial charge is 0.389 e. The zero-order chi connectivity index (χ0) is 9.19. The first-order chi connectivity index (χ1) is 5.57. The molecule has 0 spiro atoms. The average molecular weight is 171 g/mol. The monoisotopic (exact) mass is 171 g/mol. The topological polar surface area (TPSA) is 46.2 Å². The summed E-state index contributed by atoms with van der Waals surface area (Å²) in [6, 6.07) is 0. The van der Waals surface area contributed by atoms with Gasteiger partial charge in [0.05, 0.1) is 5.60 Å². The van der Waals surface area contributed by atoms with E-state index in [-0.39, 0.29) is 0 Å². The van der Waals surface area contributed by atoms with E-state index in [9.17, 15) is 5.11 Å². The van der Waals surface area contributed by atoms with Crippen molar-refractivity contribution in [2.45, 2.75) is 45.1 Å². The van der Waals surface area contributed by atoms with Crippen molar-refractivity contribution in [3.63, 3.8) is 0 Å². The summed E-state index contributed by atoms with van der Waals surface area (Å²) in [6.45, 7) is 4.95. The lowest BCUT2D eigenvalue weighted by atomic mass is 9.75. The van der Waals surface area contributed by atoms with E-state index in [4.69, 9.17) is 5.73 Å². The van der Waals surface area contributed by atoms with E-state index >= 15 is 0 Å². The van der Waals surface area contributed by atoms with Crippen LogP contribution in [0.15, 0.2) is 0 Å². The summed E-state index contributed by atoms with van der Waals surface area (Å²) in [5.41, 5.74) is 4.97. The van der Waals surface area contributed by atoms with Crippen molar-refractivity contribution < 1.29 is 5.11 Å². The summed E-state index contributed by atoms with van der Waals surface area (Å²) in [6.07, 6.45) is 4.08. The number of rotatable bonds is 2. The minimum absolute atomic E-state index is 0.428. The predicted octanol–water partition coefficient (Wildman–Crippen LogP) is 1.52. The van der Waals surface area contributed by atoms with E-state index in [1.54, 1.807) is 0 Å². The van der Waals surface area contributed by atoms with Gasteiger partial charge in [0.25, 0.3) is 0 Å². The van der Waals surface area contributed by atoms with E-state index in [0.29, 0.717) is 6.54 Å². The van der Waals surface area contributed by atoms with Gasteiger partial charge in [-0.1, -0.05) is 13.8 Å². The van der Waals surface area contributed by atoms with Gasteiger partial charge in [-0.2, -0.15) is 0 Å². The highest BCUT2D eigenvalue weighted by Crippen LogP contribution is 2.34. The third kappa shape index (κ3) is 2.20. The molecule has 0 aromatic heterocycles. The lowest BCUT2D eigenvalue weighted by Crippen LogP contribution is -2.41. The maximum atomic E-state index is 9.85. The Bertz CT molecular complexity index is 137. The molecule has 0 radical (unpaired) electrons. The molecule has 1 saturated carbocycles. The minimum atomic E-state index is -0.536. The van der Waals surface area contributed by atoms with Crippen molar-refractivity contribution in [3.05, 3.63) is 0 Å². The standard InChI is InChI=1S/C10H21NO/c1-8(2)9-3-5-10(12,7-11)6-4-9/h8-9,12H,3-7,11H2,1-2H3. The molecule has 2 heteroatoms. The van der Waals surface area contributed by atoms with E-state index in [1.165, 1.54) is 0 Å². The van der Waals surface area contributed by atoms with Crippen molar-refractivity contribution >= 4 is 0 Å². The Hall–Kier alpha value is -0.0800. The summed E-state index contributed by atoms with van der Waals surface area (Å²) in [4.78, 5) is 0. The molecular formula is C10H21NO. The molecule has 0 aromatic carbocycles. The summed E-state index contributed by atoms with van der Waals surface area (Å²) in [5.74, 6) is 1.56. The van der Waals surface area contributed by atoms with Gasteiger partial charge in [-0.25, -0.2) is 0 Å². The SMILES string of the molecule is CC(C)C1CCC(O)(CN)CC1. The second-order valence-corrected chi connectivity index (χ2v) is 4.51. The van der Waals surface area contributed by atoms with Crippen LogP contribution in [0.1, 0.15) is 39.5 Å². The molecule has 0 amide bonds. The smallest absolute Gasteiger partial charge is 0.0769 e. The molecular weight excluding hydrogens is 150 g/mol. The average Bonchev–Trinajstić information content (AvgIpc) is 2.05. The van der Waals surface area contributed by atoms with E-state index < -0.39 is 5.60 Å². The first-order valence-electron chi connectivity index (χ1n) is 5.00. The molecule has 2 nitrogen and oxygen atoms in total. The zero-order valence-electron chi connectivity index (χ0n) is 8.21. The zero-order valence-corrected chi connectivity index (χ0v) is 8.21. The van der Waals surface area contributed by atoms with Crippen LogP contribution in [-0.2, 0) is 0 Å². The number of hydrogen-bond acceptors (Lipinski definition) is 2. The first kappa shape index (κ1) is 10.0. The van der Waals surface area contributed by atoms with Gasteiger partial charge in [-0.3, -0.25) is 0 Å². The summed E-state index contributed by atoms with van der Waals surface area (Å²) in [7, 11) is 0. The molecule has 1 rings (SSSR count). The van der Waals surface area contributed by atoms with Gasteiger partial charge in [-0.15, -0.1) is 0 Å². The van der Waals surface area contributed by atoms with Crippen molar-refractivity contribution in [3.8, 4) is 0 Å². The summed E-state index contributed by atoms with van der Waals surface area (Å²) >= 11 is 0. The van der Waals surface area contributed by atoms with Crippen LogP contribution < -0.4 is 5.73 Å². The first-order valence-corrected chi connectivity index (χ1v) is 5.00. The Labute approximate surface area is 75.2 Å². The van der Waals surface area contributed by atoms with Crippen LogP contribution in [-0.4, -0.2) is 17.3 Å². The van der Waals surface area contributed by atoms with Gasteiger partial charge in [0.2, 0.25) is 0 Å². The quantitative estimate of drug-likeness (QED) is 0.661. The molecule has 1 aliphatic carbocycles. The Morgan fingerprint density at radius 1 is 1.42 bits per heavy atom. The highest BCUT2D eigenvalue weighted by molar-refractivity contribution is 4.86. The molecule has 0 bridgehead atoms.